The molecule has 1 rings (SSSR count). The van der Waals surface area contributed by atoms with Crippen molar-refractivity contribution < 1.29 is 4.79 Å². The number of piperidine rings is 1. The van der Waals surface area contributed by atoms with E-state index in [9.17, 15) is 4.79 Å². The molecule has 0 bridgehead atoms. The fourth-order valence-corrected chi connectivity index (χ4v) is 2.50. The van der Waals surface area contributed by atoms with Crippen LogP contribution in [0.15, 0.2) is 37.0 Å². The number of amides is 1. The summed E-state index contributed by atoms with van der Waals surface area (Å²) in [7, 11) is 0. The van der Waals surface area contributed by atoms with E-state index in [1.54, 1.807) is 12.2 Å². The van der Waals surface area contributed by atoms with Gasteiger partial charge in [-0.1, -0.05) is 38.3 Å². The van der Waals surface area contributed by atoms with Crippen molar-refractivity contribution in [1.29, 1.82) is 0 Å². The van der Waals surface area contributed by atoms with Gasteiger partial charge in [0.15, 0.2) is 0 Å². The fraction of sp³-hybridized carbons (Fsp3) is 0.562. The van der Waals surface area contributed by atoms with Crippen molar-refractivity contribution in [2.24, 2.45) is 0 Å². The van der Waals surface area contributed by atoms with Gasteiger partial charge in [-0.25, -0.2) is 0 Å². The molecular formula is C16H26N2O. The van der Waals surface area contributed by atoms with E-state index in [1.807, 2.05) is 6.08 Å². The normalized spacial score (nSPS) is 17.0. The quantitative estimate of drug-likeness (QED) is 0.715. The Morgan fingerprint density at radius 3 is 2.58 bits per heavy atom. The Morgan fingerprint density at radius 2 is 2.05 bits per heavy atom. The maximum Gasteiger partial charge on any atom is 0.227 e. The van der Waals surface area contributed by atoms with Gasteiger partial charge in [-0.15, -0.1) is 0 Å². The molecule has 1 amide bonds. The molecule has 106 valence electrons. The molecule has 0 saturated carbocycles. The Kier molecular flexibility index (Phi) is 7.19. The second kappa shape index (κ2) is 8.70. The Hall–Kier alpha value is -1.35. The maximum atomic E-state index is 12.5. The van der Waals surface area contributed by atoms with E-state index in [0.29, 0.717) is 12.5 Å². The molecule has 0 aliphatic carbocycles. The minimum atomic E-state index is 0.210. The minimum absolute atomic E-state index is 0.210. The topological polar surface area (TPSA) is 32.3 Å². The summed E-state index contributed by atoms with van der Waals surface area (Å²) in [5, 5.41) is 3.34. The smallest absolute Gasteiger partial charge is 0.227 e. The number of allylic oxidation sites excluding steroid dienone is 3. The molecule has 1 N–H and O–H groups in total. The van der Waals surface area contributed by atoms with Crippen LogP contribution in [0.2, 0.25) is 0 Å². The number of carbonyl (C=O) groups is 1. The molecule has 1 fully saturated rings. The zero-order chi connectivity index (χ0) is 14.1. The molecule has 3 heteroatoms. The van der Waals surface area contributed by atoms with E-state index in [1.165, 1.54) is 0 Å². The van der Waals surface area contributed by atoms with E-state index in [4.69, 9.17) is 0 Å². The van der Waals surface area contributed by atoms with Gasteiger partial charge in [0.2, 0.25) is 5.91 Å². The van der Waals surface area contributed by atoms with Gasteiger partial charge in [0.05, 0.1) is 6.42 Å². The molecule has 0 aromatic carbocycles. The standard InChI is InChI=1S/C16H26N2O/c1-4-7-14(6-3)13-16(19)18(12-5-2)15-8-10-17-11-9-15/h4,6-7,15,17H,1,3,5,8-13H2,2H3/b14-7+. The van der Waals surface area contributed by atoms with Gasteiger partial charge in [0.1, 0.15) is 0 Å². The summed E-state index contributed by atoms with van der Waals surface area (Å²) in [6, 6.07) is 0.392. The first kappa shape index (κ1) is 15.7. The molecule has 0 aromatic heterocycles. The van der Waals surface area contributed by atoms with Crippen LogP contribution < -0.4 is 5.32 Å². The highest BCUT2D eigenvalue weighted by molar-refractivity contribution is 5.79. The Bertz CT molecular complexity index is 341. The molecule has 1 aliphatic rings. The molecule has 0 radical (unpaired) electrons. The van der Waals surface area contributed by atoms with Crippen LogP contribution in [-0.2, 0) is 4.79 Å². The molecular weight excluding hydrogens is 236 g/mol. The Morgan fingerprint density at radius 1 is 1.37 bits per heavy atom. The zero-order valence-corrected chi connectivity index (χ0v) is 12.0. The number of hydrogen-bond donors (Lipinski definition) is 1. The zero-order valence-electron chi connectivity index (χ0n) is 12.0. The van der Waals surface area contributed by atoms with Crippen LogP contribution in [0.1, 0.15) is 32.6 Å². The summed E-state index contributed by atoms with van der Waals surface area (Å²) in [6.45, 7) is 12.4. The van der Waals surface area contributed by atoms with Gasteiger partial charge < -0.3 is 10.2 Å². The lowest BCUT2D eigenvalue weighted by molar-refractivity contribution is -0.133. The summed E-state index contributed by atoms with van der Waals surface area (Å²) >= 11 is 0. The van der Waals surface area contributed by atoms with Crippen molar-refractivity contribution in [2.45, 2.75) is 38.6 Å². The van der Waals surface area contributed by atoms with Gasteiger partial charge in [-0.3, -0.25) is 4.79 Å². The van der Waals surface area contributed by atoms with Crippen molar-refractivity contribution in [1.82, 2.24) is 10.2 Å². The van der Waals surface area contributed by atoms with Crippen LogP contribution in [0, 0.1) is 0 Å². The number of rotatable bonds is 7. The van der Waals surface area contributed by atoms with Crippen LogP contribution in [0.5, 0.6) is 0 Å². The lowest BCUT2D eigenvalue weighted by Gasteiger charge is -2.34. The lowest BCUT2D eigenvalue weighted by Crippen LogP contribution is -2.46. The average molecular weight is 262 g/mol. The average Bonchev–Trinajstić information content (AvgIpc) is 2.45. The highest BCUT2D eigenvalue weighted by Gasteiger charge is 2.24. The van der Waals surface area contributed by atoms with Crippen molar-refractivity contribution >= 4 is 5.91 Å². The van der Waals surface area contributed by atoms with Crippen LogP contribution >= 0.6 is 0 Å². The van der Waals surface area contributed by atoms with E-state index in [-0.39, 0.29) is 5.91 Å². The second-order valence-corrected chi connectivity index (χ2v) is 4.93. The van der Waals surface area contributed by atoms with Gasteiger partial charge in [-0.2, -0.15) is 0 Å². The van der Waals surface area contributed by atoms with Gasteiger partial charge >= 0.3 is 0 Å². The fourth-order valence-electron chi connectivity index (χ4n) is 2.50. The molecule has 1 aliphatic heterocycles. The first-order chi connectivity index (χ1) is 9.22. The highest BCUT2D eigenvalue weighted by atomic mass is 16.2. The number of nitrogens with zero attached hydrogens (tertiary/aromatic N) is 1. The van der Waals surface area contributed by atoms with Crippen LogP contribution in [0.25, 0.3) is 0 Å². The van der Waals surface area contributed by atoms with Crippen LogP contribution in [0.4, 0.5) is 0 Å². The predicted molar refractivity (Wildman–Crippen MR) is 81.0 cm³/mol. The summed E-state index contributed by atoms with van der Waals surface area (Å²) in [5.74, 6) is 0.210. The number of carbonyl (C=O) groups excluding carboxylic acids is 1. The summed E-state index contributed by atoms with van der Waals surface area (Å²) in [4.78, 5) is 14.5. The minimum Gasteiger partial charge on any atom is -0.339 e. The highest BCUT2D eigenvalue weighted by Crippen LogP contribution is 2.16. The molecule has 1 saturated heterocycles. The van der Waals surface area contributed by atoms with Gasteiger partial charge in [-0.05, 0) is 37.9 Å². The molecule has 3 nitrogen and oxygen atoms in total. The first-order valence-electron chi connectivity index (χ1n) is 7.17. The SMILES string of the molecule is C=C/C=C(\C=C)CC(=O)N(CCC)C1CCNCC1. The lowest BCUT2D eigenvalue weighted by atomic mass is 10.0. The predicted octanol–water partition coefficient (Wildman–Crippen LogP) is 2.67. The van der Waals surface area contributed by atoms with Gasteiger partial charge in [0.25, 0.3) is 0 Å². The van der Waals surface area contributed by atoms with Crippen molar-refractivity contribution in [2.75, 3.05) is 19.6 Å². The molecule has 0 atom stereocenters. The second-order valence-electron chi connectivity index (χ2n) is 4.93. The Labute approximate surface area is 117 Å². The third kappa shape index (κ3) is 5.03. The summed E-state index contributed by atoms with van der Waals surface area (Å²) in [5.41, 5.74) is 0.940. The van der Waals surface area contributed by atoms with Crippen molar-refractivity contribution in [3.05, 3.63) is 37.0 Å². The van der Waals surface area contributed by atoms with E-state index in [0.717, 1.165) is 44.5 Å². The Balaban J connectivity index is 2.68. The maximum absolute atomic E-state index is 12.5. The monoisotopic (exact) mass is 262 g/mol. The molecule has 19 heavy (non-hydrogen) atoms. The third-order valence-electron chi connectivity index (χ3n) is 3.48. The van der Waals surface area contributed by atoms with E-state index < -0.39 is 0 Å². The molecule has 0 spiro atoms. The van der Waals surface area contributed by atoms with Crippen molar-refractivity contribution in [3.63, 3.8) is 0 Å². The summed E-state index contributed by atoms with van der Waals surface area (Å²) < 4.78 is 0. The number of nitrogens with one attached hydrogen (secondary N) is 1. The van der Waals surface area contributed by atoms with E-state index in [2.05, 4.69) is 30.3 Å². The largest absolute Gasteiger partial charge is 0.339 e. The van der Waals surface area contributed by atoms with Crippen LogP contribution in [-0.4, -0.2) is 36.5 Å². The molecule has 0 aromatic rings. The van der Waals surface area contributed by atoms with Crippen LogP contribution in [0.3, 0.4) is 0 Å². The summed E-state index contributed by atoms with van der Waals surface area (Å²) in [6.07, 6.45) is 8.85. The molecule has 0 unspecified atom stereocenters. The van der Waals surface area contributed by atoms with Gasteiger partial charge in [0, 0.05) is 12.6 Å². The third-order valence-corrected chi connectivity index (χ3v) is 3.48. The van der Waals surface area contributed by atoms with E-state index >= 15 is 0 Å². The molecule has 1 heterocycles. The number of hydrogen-bond acceptors (Lipinski definition) is 2. The first-order valence-corrected chi connectivity index (χ1v) is 7.17. The van der Waals surface area contributed by atoms with Crippen molar-refractivity contribution in [3.8, 4) is 0 Å².